The second kappa shape index (κ2) is 15.2. The molecule has 26 heavy (non-hydrogen) atoms. The third-order valence-electron chi connectivity index (χ3n) is 4.48. The number of nitrogens with one attached hydrogen (secondary N) is 2. The predicted octanol–water partition coefficient (Wildman–Crippen LogP) is 3.03. The fraction of sp³-hybridized carbons (Fsp3) is 0.833. The molecule has 1 unspecified atom stereocenters. The summed E-state index contributed by atoms with van der Waals surface area (Å²) in [7, 11) is 3.69. The predicted molar refractivity (Wildman–Crippen MR) is 118 cm³/mol. The van der Waals surface area contributed by atoms with Gasteiger partial charge in [-0.25, -0.2) is 4.99 Å². The lowest BCUT2D eigenvalue weighted by Gasteiger charge is -2.18. The smallest absolute Gasteiger partial charge is 0.191 e. The molecule has 0 fully saturated rings. The molecule has 0 spiro atoms. The first kappa shape index (κ1) is 25.1. The van der Waals surface area contributed by atoms with Crippen LogP contribution in [-0.2, 0) is 18.3 Å². The van der Waals surface area contributed by atoms with Crippen LogP contribution in [-0.4, -0.2) is 47.5 Å². The van der Waals surface area contributed by atoms with Crippen molar-refractivity contribution in [3.63, 3.8) is 0 Å². The van der Waals surface area contributed by atoms with E-state index in [-0.39, 0.29) is 24.0 Å². The van der Waals surface area contributed by atoms with E-state index in [9.17, 15) is 0 Å². The Morgan fingerprint density at radius 2 is 2.00 bits per heavy atom. The number of nitrogens with zero attached hydrogens (tertiary/aromatic N) is 4. The fourth-order valence-corrected chi connectivity index (χ4v) is 2.52. The Balaban J connectivity index is 0.00000625. The summed E-state index contributed by atoms with van der Waals surface area (Å²) >= 11 is 0. The van der Waals surface area contributed by atoms with Crippen molar-refractivity contribution in [2.24, 2.45) is 18.0 Å². The first-order valence-electron chi connectivity index (χ1n) is 9.48. The van der Waals surface area contributed by atoms with Gasteiger partial charge in [0.2, 0.25) is 0 Å². The average molecular weight is 480 g/mol. The maximum Gasteiger partial charge on any atom is 0.191 e. The van der Waals surface area contributed by atoms with Crippen molar-refractivity contribution in [1.82, 2.24) is 25.4 Å². The zero-order valence-corrected chi connectivity index (χ0v) is 19.4. The van der Waals surface area contributed by atoms with Crippen molar-refractivity contribution in [2.45, 2.75) is 59.4 Å². The summed E-state index contributed by atoms with van der Waals surface area (Å²) in [5, 5.41) is 15.1. The molecule has 7 nitrogen and oxygen atoms in total. The molecule has 0 saturated heterocycles. The topological polar surface area (TPSA) is 76.4 Å². The summed E-state index contributed by atoms with van der Waals surface area (Å²) in [6.45, 7) is 9.50. The molecule has 1 rings (SSSR count). The molecule has 0 saturated carbocycles. The second-order valence-electron chi connectivity index (χ2n) is 6.46. The lowest BCUT2D eigenvalue weighted by molar-refractivity contribution is 0.195. The molecule has 1 atom stereocenters. The quantitative estimate of drug-likeness (QED) is 0.208. The van der Waals surface area contributed by atoms with Gasteiger partial charge in [-0.2, -0.15) is 0 Å². The number of rotatable bonds is 12. The third-order valence-corrected chi connectivity index (χ3v) is 4.48. The highest BCUT2D eigenvalue weighted by Gasteiger charge is 2.08. The molecule has 8 heteroatoms. The van der Waals surface area contributed by atoms with E-state index in [1.165, 1.54) is 25.7 Å². The third kappa shape index (κ3) is 9.70. The maximum atomic E-state index is 5.11. The highest BCUT2D eigenvalue weighted by molar-refractivity contribution is 14.0. The number of hydrogen-bond donors (Lipinski definition) is 2. The monoisotopic (exact) mass is 480 g/mol. The van der Waals surface area contributed by atoms with E-state index in [0.717, 1.165) is 43.7 Å². The highest BCUT2D eigenvalue weighted by Crippen LogP contribution is 2.11. The Kier molecular flexibility index (Phi) is 14.7. The summed E-state index contributed by atoms with van der Waals surface area (Å²) < 4.78 is 7.08. The Bertz CT molecular complexity index is 506. The van der Waals surface area contributed by atoms with Crippen LogP contribution in [0.15, 0.2) is 4.99 Å². The van der Waals surface area contributed by atoms with Gasteiger partial charge in [0.25, 0.3) is 0 Å². The molecule has 152 valence electrons. The molecule has 0 radical (unpaired) electrons. The SMILES string of the molecule is CCCCC(CC)CNC(=NCc1nnc(C)n1C)NCCCOC.I. The van der Waals surface area contributed by atoms with E-state index < -0.39 is 0 Å². The van der Waals surface area contributed by atoms with E-state index in [1.807, 2.05) is 18.5 Å². The first-order valence-corrected chi connectivity index (χ1v) is 9.48. The molecule has 1 aromatic rings. The van der Waals surface area contributed by atoms with Crippen LogP contribution in [0.5, 0.6) is 0 Å². The van der Waals surface area contributed by atoms with Gasteiger partial charge >= 0.3 is 0 Å². The minimum Gasteiger partial charge on any atom is -0.385 e. The Labute approximate surface area is 175 Å². The molecule has 1 heterocycles. The Morgan fingerprint density at radius 1 is 1.23 bits per heavy atom. The van der Waals surface area contributed by atoms with Gasteiger partial charge in [-0.15, -0.1) is 34.2 Å². The van der Waals surface area contributed by atoms with Crippen molar-refractivity contribution in [3.8, 4) is 0 Å². The van der Waals surface area contributed by atoms with Gasteiger partial charge in [-0.05, 0) is 25.7 Å². The Morgan fingerprint density at radius 3 is 2.58 bits per heavy atom. The highest BCUT2D eigenvalue weighted by atomic mass is 127. The summed E-state index contributed by atoms with van der Waals surface area (Å²) in [5.74, 6) is 3.29. The molecule has 1 aromatic heterocycles. The van der Waals surface area contributed by atoms with Crippen LogP contribution in [0.25, 0.3) is 0 Å². The van der Waals surface area contributed by atoms with Gasteiger partial charge in [-0.3, -0.25) is 0 Å². The van der Waals surface area contributed by atoms with Gasteiger partial charge in [0.05, 0.1) is 0 Å². The largest absolute Gasteiger partial charge is 0.385 e. The zero-order chi connectivity index (χ0) is 18.5. The zero-order valence-electron chi connectivity index (χ0n) is 17.0. The minimum absolute atomic E-state index is 0. The number of halogens is 1. The molecule has 0 aromatic carbocycles. The fourth-order valence-electron chi connectivity index (χ4n) is 2.52. The van der Waals surface area contributed by atoms with Crippen LogP contribution in [0.3, 0.4) is 0 Å². The van der Waals surface area contributed by atoms with Crippen LogP contribution >= 0.6 is 24.0 Å². The number of aryl methyl sites for hydroxylation is 1. The van der Waals surface area contributed by atoms with Crippen LogP contribution in [0.2, 0.25) is 0 Å². The van der Waals surface area contributed by atoms with Crippen LogP contribution in [0.4, 0.5) is 0 Å². The van der Waals surface area contributed by atoms with Crippen molar-refractivity contribution >= 4 is 29.9 Å². The van der Waals surface area contributed by atoms with E-state index in [0.29, 0.717) is 12.5 Å². The first-order chi connectivity index (χ1) is 12.1. The number of aliphatic imine (C=N–C) groups is 1. The molecule has 0 aliphatic carbocycles. The van der Waals surface area contributed by atoms with Crippen molar-refractivity contribution < 1.29 is 4.74 Å². The number of unbranched alkanes of at least 4 members (excludes halogenated alkanes) is 1. The van der Waals surface area contributed by atoms with Gasteiger partial charge in [0.15, 0.2) is 11.8 Å². The van der Waals surface area contributed by atoms with Crippen LogP contribution in [0, 0.1) is 12.8 Å². The van der Waals surface area contributed by atoms with E-state index in [4.69, 9.17) is 4.74 Å². The van der Waals surface area contributed by atoms with E-state index in [1.54, 1.807) is 7.11 Å². The van der Waals surface area contributed by atoms with Crippen molar-refractivity contribution in [1.29, 1.82) is 0 Å². The second-order valence-corrected chi connectivity index (χ2v) is 6.46. The standard InChI is InChI=1S/C18H36N6O.HI/c1-6-8-10-16(7-2)13-20-18(19-11-9-12-25-5)21-14-17-23-22-15(3)24(17)4;/h16H,6-14H2,1-5H3,(H2,19,20,21);1H. The number of hydrogen-bond acceptors (Lipinski definition) is 4. The summed E-state index contributed by atoms with van der Waals surface area (Å²) in [4.78, 5) is 4.68. The molecule has 0 aliphatic heterocycles. The number of aromatic nitrogens is 3. The number of methoxy groups -OCH3 is 1. The maximum absolute atomic E-state index is 5.11. The summed E-state index contributed by atoms with van der Waals surface area (Å²) in [5.41, 5.74) is 0. The Hall–Kier alpha value is -0.900. The van der Waals surface area contributed by atoms with Crippen molar-refractivity contribution in [3.05, 3.63) is 11.6 Å². The van der Waals surface area contributed by atoms with Crippen LogP contribution in [0.1, 0.15) is 57.6 Å². The van der Waals surface area contributed by atoms with Gasteiger partial charge < -0.3 is 19.9 Å². The number of ether oxygens (including phenoxy) is 1. The molecule has 2 N–H and O–H groups in total. The summed E-state index contributed by atoms with van der Waals surface area (Å²) in [6.07, 6.45) is 5.93. The van der Waals surface area contributed by atoms with Gasteiger partial charge in [-0.1, -0.05) is 33.1 Å². The lowest BCUT2D eigenvalue weighted by atomic mass is 9.99. The van der Waals surface area contributed by atoms with Gasteiger partial charge in [0, 0.05) is 33.9 Å². The molecular weight excluding hydrogens is 443 g/mol. The van der Waals surface area contributed by atoms with E-state index in [2.05, 4.69) is 39.7 Å². The van der Waals surface area contributed by atoms with Crippen LogP contribution < -0.4 is 10.6 Å². The minimum atomic E-state index is 0. The summed E-state index contributed by atoms with van der Waals surface area (Å²) in [6, 6.07) is 0. The van der Waals surface area contributed by atoms with Crippen molar-refractivity contribution in [2.75, 3.05) is 26.8 Å². The van der Waals surface area contributed by atoms with E-state index >= 15 is 0 Å². The number of guanidine groups is 1. The molecule has 0 bridgehead atoms. The molecule has 0 aliphatic rings. The van der Waals surface area contributed by atoms with Gasteiger partial charge in [0.1, 0.15) is 12.4 Å². The molecule has 0 amide bonds. The molecular formula is C18H37IN6O. The normalized spacial score (nSPS) is 12.6. The lowest BCUT2D eigenvalue weighted by Crippen LogP contribution is -2.40. The average Bonchev–Trinajstić information content (AvgIpc) is 2.94.